The molecule has 0 aromatic carbocycles. The van der Waals surface area contributed by atoms with E-state index in [0.717, 1.165) is 18.5 Å². The molecule has 0 saturated heterocycles. The van der Waals surface area contributed by atoms with E-state index in [2.05, 4.69) is 18.7 Å². The van der Waals surface area contributed by atoms with Gasteiger partial charge in [-0.15, -0.1) is 0 Å². The average molecular weight is 210 g/mol. The Balaban J connectivity index is 2.11. The van der Waals surface area contributed by atoms with Crippen LogP contribution in [0.3, 0.4) is 0 Å². The van der Waals surface area contributed by atoms with Gasteiger partial charge in [-0.2, -0.15) is 0 Å². The monoisotopic (exact) mass is 210 g/mol. The van der Waals surface area contributed by atoms with Crippen LogP contribution in [0.5, 0.6) is 0 Å². The second-order valence-corrected chi connectivity index (χ2v) is 5.36. The van der Waals surface area contributed by atoms with Gasteiger partial charge in [-0.25, -0.2) is 0 Å². The lowest BCUT2D eigenvalue weighted by Crippen LogP contribution is -2.56. The smallest absolute Gasteiger partial charge is 0.0360 e. The van der Waals surface area contributed by atoms with E-state index >= 15 is 0 Å². The highest BCUT2D eigenvalue weighted by molar-refractivity contribution is 5.06. The maximum absolute atomic E-state index is 6.11. The zero-order chi connectivity index (χ0) is 10.9. The van der Waals surface area contributed by atoms with Crippen LogP contribution in [0.15, 0.2) is 0 Å². The van der Waals surface area contributed by atoms with Gasteiger partial charge in [-0.1, -0.05) is 13.8 Å². The minimum atomic E-state index is 0.358. The van der Waals surface area contributed by atoms with Crippen LogP contribution in [0.25, 0.3) is 0 Å². The van der Waals surface area contributed by atoms with Crippen molar-refractivity contribution in [1.29, 1.82) is 0 Å². The molecule has 0 aromatic heterocycles. The Hall–Kier alpha value is -0.0800. The van der Waals surface area contributed by atoms with Gasteiger partial charge >= 0.3 is 0 Å². The van der Waals surface area contributed by atoms with Crippen LogP contribution in [0.1, 0.15) is 52.4 Å². The highest BCUT2D eigenvalue weighted by atomic mass is 15.3. The van der Waals surface area contributed by atoms with Crippen LogP contribution in [-0.2, 0) is 0 Å². The molecule has 0 spiro atoms. The van der Waals surface area contributed by atoms with Gasteiger partial charge in [0.05, 0.1) is 0 Å². The molecule has 15 heavy (non-hydrogen) atoms. The Morgan fingerprint density at radius 1 is 1.20 bits per heavy atom. The summed E-state index contributed by atoms with van der Waals surface area (Å²) in [5.74, 6) is 0.902. The first-order valence-corrected chi connectivity index (χ1v) is 6.75. The molecule has 88 valence electrons. The normalized spacial score (nSPS) is 25.6. The van der Waals surface area contributed by atoms with Crippen molar-refractivity contribution in [3.8, 4) is 0 Å². The zero-order valence-electron chi connectivity index (χ0n) is 10.3. The number of nitrogens with zero attached hydrogens (tertiary/aromatic N) is 1. The molecule has 0 aliphatic heterocycles. The van der Waals surface area contributed by atoms with Crippen molar-refractivity contribution < 1.29 is 0 Å². The molecule has 2 heteroatoms. The van der Waals surface area contributed by atoms with Crippen molar-refractivity contribution in [2.45, 2.75) is 64.0 Å². The molecule has 0 bridgehead atoms. The van der Waals surface area contributed by atoms with Crippen molar-refractivity contribution in [1.82, 2.24) is 4.90 Å². The van der Waals surface area contributed by atoms with Crippen LogP contribution in [0.4, 0.5) is 0 Å². The quantitative estimate of drug-likeness (QED) is 0.699. The van der Waals surface area contributed by atoms with E-state index in [-0.39, 0.29) is 0 Å². The first-order valence-electron chi connectivity index (χ1n) is 6.75. The third kappa shape index (κ3) is 2.07. The fourth-order valence-corrected chi connectivity index (χ4v) is 3.17. The van der Waals surface area contributed by atoms with Crippen molar-refractivity contribution in [3.63, 3.8) is 0 Å². The summed E-state index contributed by atoms with van der Waals surface area (Å²) in [6.07, 6.45) is 8.16. The van der Waals surface area contributed by atoms with Gasteiger partial charge in [-0.3, -0.25) is 4.90 Å². The van der Waals surface area contributed by atoms with E-state index in [1.54, 1.807) is 0 Å². The predicted molar refractivity (Wildman–Crippen MR) is 64.8 cm³/mol. The maximum atomic E-state index is 6.11. The van der Waals surface area contributed by atoms with Crippen molar-refractivity contribution in [3.05, 3.63) is 0 Å². The summed E-state index contributed by atoms with van der Waals surface area (Å²) in [6.45, 7) is 6.74. The number of hydrogen-bond donors (Lipinski definition) is 1. The van der Waals surface area contributed by atoms with E-state index < -0.39 is 0 Å². The van der Waals surface area contributed by atoms with Crippen LogP contribution in [-0.4, -0.2) is 29.6 Å². The fourth-order valence-electron chi connectivity index (χ4n) is 3.17. The summed E-state index contributed by atoms with van der Waals surface area (Å²) < 4.78 is 0. The van der Waals surface area contributed by atoms with Gasteiger partial charge in [0, 0.05) is 18.1 Å². The first kappa shape index (κ1) is 11.4. The summed E-state index contributed by atoms with van der Waals surface area (Å²) in [7, 11) is 0. The summed E-state index contributed by atoms with van der Waals surface area (Å²) in [5.41, 5.74) is 6.47. The molecular weight excluding hydrogens is 184 g/mol. The molecule has 0 radical (unpaired) electrons. The fraction of sp³-hybridized carbons (Fsp3) is 1.00. The first-order chi connectivity index (χ1) is 7.28. The van der Waals surface area contributed by atoms with Gasteiger partial charge in [0.1, 0.15) is 0 Å². The lowest BCUT2D eigenvalue weighted by Gasteiger charge is -2.44. The van der Waals surface area contributed by atoms with Gasteiger partial charge < -0.3 is 5.73 Å². The summed E-state index contributed by atoms with van der Waals surface area (Å²) in [6, 6.07) is 0.869. The molecule has 2 rings (SSSR count). The Morgan fingerprint density at radius 3 is 2.20 bits per heavy atom. The Morgan fingerprint density at radius 2 is 1.87 bits per heavy atom. The van der Waals surface area contributed by atoms with Gasteiger partial charge in [0.15, 0.2) is 0 Å². The number of hydrogen-bond acceptors (Lipinski definition) is 2. The predicted octanol–water partition coefficient (Wildman–Crippen LogP) is 2.38. The van der Waals surface area contributed by atoms with Gasteiger partial charge in [-0.05, 0) is 51.0 Å². The maximum Gasteiger partial charge on any atom is 0.0360 e. The topological polar surface area (TPSA) is 29.3 Å². The minimum Gasteiger partial charge on any atom is -0.329 e. The van der Waals surface area contributed by atoms with E-state index in [1.807, 2.05) is 0 Å². The second kappa shape index (κ2) is 4.42. The van der Waals surface area contributed by atoms with Crippen molar-refractivity contribution >= 4 is 0 Å². The van der Waals surface area contributed by atoms with Crippen LogP contribution >= 0.6 is 0 Å². The van der Waals surface area contributed by atoms with E-state index in [4.69, 9.17) is 5.73 Å². The standard InChI is InChI=1S/C13H26N2/c1-3-9-15(12-7-8-12)13(4-2,10-14)11-5-6-11/h11-12H,3-10,14H2,1-2H3. The lowest BCUT2D eigenvalue weighted by molar-refractivity contribution is 0.0596. The second-order valence-electron chi connectivity index (χ2n) is 5.36. The zero-order valence-corrected chi connectivity index (χ0v) is 10.3. The van der Waals surface area contributed by atoms with E-state index in [0.29, 0.717) is 5.54 Å². The molecule has 2 aliphatic rings. The summed E-state index contributed by atoms with van der Waals surface area (Å²) >= 11 is 0. The Bertz CT molecular complexity index is 203. The third-order valence-corrected chi connectivity index (χ3v) is 4.33. The van der Waals surface area contributed by atoms with Gasteiger partial charge in [0.25, 0.3) is 0 Å². The molecular formula is C13H26N2. The van der Waals surface area contributed by atoms with Crippen molar-refractivity contribution in [2.75, 3.05) is 13.1 Å². The highest BCUT2D eigenvalue weighted by Crippen LogP contribution is 2.48. The lowest BCUT2D eigenvalue weighted by atomic mass is 9.87. The Kier molecular flexibility index (Phi) is 3.36. The molecule has 2 aliphatic carbocycles. The van der Waals surface area contributed by atoms with Crippen LogP contribution in [0.2, 0.25) is 0 Å². The molecule has 0 aromatic rings. The van der Waals surface area contributed by atoms with Crippen molar-refractivity contribution in [2.24, 2.45) is 11.7 Å². The molecule has 2 nitrogen and oxygen atoms in total. The molecule has 1 atom stereocenters. The summed E-state index contributed by atoms with van der Waals surface area (Å²) in [4.78, 5) is 2.77. The molecule has 2 N–H and O–H groups in total. The molecule has 0 heterocycles. The van der Waals surface area contributed by atoms with Crippen LogP contribution < -0.4 is 5.73 Å². The molecule has 0 amide bonds. The Labute approximate surface area is 94.2 Å². The molecule has 2 fully saturated rings. The molecule has 2 saturated carbocycles. The summed E-state index contributed by atoms with van der Waals surface area (Å²) in [5, 5.41) is 0. The van der Waals surface area contributed by atoms with Crippen LogP contribution in [0, 0.1) is 5.92 Å². The third-order valence-electron chi connectivity index (χ3n) is 4.33. The number of nitrogens with two attached hydrogens (primary N) is 1. The van der Waals surface area contributed by atoms with E-state index in [9.17, 15) is 0 Å². The minimum absolute atomic E-state index is 0.358. The SMILES string of the molecule is CCCN(C1CC1)C(CC)(CN)C1CC1. The van der Waals surface area contributed by atoms with Gasteiger partial charge in [0.2, 0.25) is 0 Å². The average Bonchev–Trinajstić information content (AvgIpc) is 3.10. The largest absolute Gasteiger partial charge is 0.329 e. The van der Waals surface area contributed by atoms with E-state index in [1.165, 1.54) is 45.1 Å². The molecule has 1 unspecified atom stereocenters. The highest BCUT2D eigenvalue weighted by Gasteiger charge is 2.50. The number of rotatable bonds is 7.